The summed E-state index contributed by atoms with van der Waals surface area (Å²) in [6, 6.07) is 1.80. The van der Waals surface area contributed by atoms with Crippen LogP contribution in [0.2, 0.25) is 0 Å². The number of aliphatic hydroxyl groups is 1. The van der Waals surface area contributed by atoms with E-state index < -0.39 is 6.10 Å². The normalized spacial score (nSPS) is 15.6. The molecular weight excluding hydrogens is 238 g/mol. The minimum absolute atomic E-state index is 0.0189. The Bertz CT molecular complexity index is 421. The minimum Gasteiger partial charge on any atom is -0.409 e. The number of amidine groups is 1. The first kappa shape index (κ1) is 13.8. The van der Waals surface area contributed by atoms with Crippen LogP contribution in [0.5, 0.6) is 0 Å². The third-order valence-corrected chi connectivity index (χ3v) is 3.76. The summed E-state index contributed by atoms with van der Waals surface area (Å²) in [5.41, 5.74) is 7.13. The van der Waals surface area contributed by atoms with Crippen LogP contribution in [0.3, 0.4) is 0 Å². The van der Waals surface area contributed by atoms with Gasteiger partial charge in [0.25, 0.3) is 0 Å². The molecule has 0 aliphatic heterocycles. The fourth-order valence-corrected chi connectivity index (χ4v) is 2.31. The van der Waals surface area contributed by atoms with Gasteiger partial charge in [0.05, 0.1) is 11.7 Å². The first-order chi connectivity index (χ1) is 7.97. The third kappa shape index (κ3) is 3.34. The molecule has 1 aromatic heterocycles. The van der Waals surface area contributed by atoms with Crippen LogP contribution in [-0.2, 0) is 0 Å². The molecule has 2 atom stereocenters. The van der Waals surface area contributed by atoms with Crippen molar-refractivity contribution in [1.82, 2.24) is 4.98 Å². The van der Waals surface area contributed by atoms with Gasteiger partial charge in [0.1, 0.15) is 5.03 Å². The third-order valence-electron chi connectivity index (χ3n) is 2.47. The van der Waals surface area contributed by atoms with Gasteiger partial charge in [-0.3, -0.25) is 0 Å². The van der Waals surface area contributed by atoms with E-state index in [0.717, 1.165) is 5.56 Å². The second-order valence-electron chi connectivity index (χ2n) is 3.86. The van der Waals surface area contributed by atoms with Gasteiger partial charge < -0.3 is 16.0 Å². The molecule has 6 heteroatoms. The van der Waals surface area contributed by atoms with Crippen molar-refractivity contribution in [3.63, 3.8) is 0 Å². The smallest absolute Gasteiger partial charge is 0.173 e. The molecule has 94 valence electrons. The summed E-state index contributed by atoms with van der Waals surface area (Å²) < 4.78 is 0. The molecule has 0 saturated carbocycles. The molecule has 0 spiro atoms. The molecule has 2 unspecified atom stereocenters. The largest absolute Gasteiger partial charge is 0.409 e. The average molecular weight is 255 g/mol. The summed E-state index contributed by atoms with van der Waals surface area (Å²) in [5, 5.41) is 21.9. The summed E-state index contributed by atoms with van der Waals surface area (Å²) in [4.78, 5) is 4.21. The lowest BCUT2D eigenvalue weighted by Gasteiger charge is -2.16. The number of aryl methyl sites for hydroxylation is 1. The number of nitrogens with two attached hydrogens (primary N) is 1. The Hall–Kier alpha value is -1.27. The monoisotopic (exact) mass is 255 g/mol. The molecular formula is C11H17N3O2S. The van der Waals surface area contributed by atoms with E-state index in [0.29, 0.717) is 10.6 Å². The molecule has 4 N–H and O–H groups in total. The van der Waals surface area contributed by atoms with Crippen molar-refractivity contribution in [1.29, 1.82) is 0 Å². The van der Waals surface area contributed by atoms with Gasteiger partial charge in [-0.25, -0.2) is 4.98 Å². The lowest BCUT2D eigenvalue weighted by atomic mass is 10.1. The summed E-state index contributed by atoms with van der Waals surface area (Å²) >= 11 is 1.40. The van der Waals surface area contributed by atoms with Gasteiger partial charge in [-0.05, 0) is 25.5 Å². The quantitative estimate of drug-likeness (QED) is 0.248. The van der Waals surface area contributed by atoms with E-state index in [1.165, 1.54) is 11.8 Å². The van der Waals surface area contributed by atoms with Crippen LogP contribution in [0, 0.1) is 6.92 Å². The molecule has 0 aliphatic rings. The molecule has 17 heavy (non-hydrogen) atoms. The molecule has 1 rings (SSSR count). The van der Waals surface area contributed by atoms with Gasteiger partial charge in [-0.1, -0.05) is 23.8 Å². The van der Waals surface area contributed by atoms with E-state index >= 15 is 0 Å². The molecule has 1 heterocycles. The van der Waals surface area contributed by atoms with Crippen LogP contribution in [0.4, 0.5) is 0 Å². The second kappa shape index (κ2) is 5.88. The Morgan fingerprint density at radius 3 is 2.71 bits per heavy atom. The number of thioether (sulfide) groups is 1. The Labute approximate surface area is 105 Å². The van der Waals surface area contributed by atoms with E-state index in [9.17, 15) is 5.11 Å². The van der Waals surface area contributed by atoms with Gasteiger partial charge in [0.15, 0.2) is 5.84 Å². The number of pyridine rings is 1. The molecule has 0 bridgehead atoms. The van der Waals surface area contributed by atoms with Crippen molar-refractivity contribution in [2.24, 2.45) is 10.9 Å². The average Bonchev–Trinajstić information content (AvgIpc) is 2.28. The number of rotatable bonds is 4. The maximum absolute atomic E-state index is 9.48. The maximum Gasteiger partial charge on any atom is 0.173 e. The van der Waals surface area contributed by atoms with Gasteiger partial charge in [-0.2, -0.15) is 0 Å². The maximum atomic E-state index is 9.48. The van der Waals surface area contributed by atoms with Gasteiger partial charge in [0.2, 0.25) is 0 Å². The standard InChI is InChI=1S/C11H17N3O2S/c1-6-4-5-13-11(9(6)10(12)14-16)17-8(3)7(2)15/h4-5,7-8,15-16H,1-3H3,(H2,12,14). The molecule has 1 aromatic rings. The lowest BCUT2D eigenvalue weighted by molar-refractivity contribution is 0.196. The van der Waals surface area contributed by atoms with Crippen molar-refractivity contribution in [2.75, 3.05) is 0 Å². The summed E-state index contributed by atoms with van der Waals surface area (Å²) in [6.07, 6.45) is 1.21. The molecule has 0 radical (unpaired) electrons. The molecule has 5 nitrogen and oxygen atoms in total. The Kier molecular flexibility index (Phi) is 4.77. The highest BCUT2D eigenvalue weighted by atomic mass is 32.2. The van der Waals surface area contributed by atoms with Gasteiger partial charge in [-0.15, -0.1) is 0 Å². The highest BCUT2D eigenvalue weighted by Gasteiger charge is 2.17. The van der Waals surface area contributed by atoms with Crippen LogP contribution < -0.4 is 5.73 Å². The van der Waals surface area contributed by atoms with Gasteiger partial charge in [0, 0.05) is 11.4 Å². The number of oxime groups is 1. The summed E-state index contributed by atoms with van der Waals surface area (Å²) in [6.45, 7) is 5.48. The van der Waals surface area contributed by atoms with Crippen molar-refractivity contribution < 1.29 is 10.3 Å². The van der Waals surface area contributed by atoms with Gasteiger partial charge >= 0.3 is 0 Å². The first-order valence-corrected chi connectivity index (χ1v) is 6.13. The summed E-state index contributed by atoms with van der Waals surface area (Å²) in [5.74, 6) is 0.0379. The Morgan fingerprint density at radius 1 is 1.53 bits per heavy atom. The number of hydrogen-bond acceptors (Lipinski definition) is 5. The number of nitrogens with zero attached hydrogens (tertiary/aromatic N) is 2. The predicted molar refractivity (Wildman–Crippen MR) is 68.5 cm³/mol. The van der Waals surface area contributed by atoms with Crippen molar-refractivity contribution in [3.8, 4) is 0 Å². The second-order valence-corrected chi connectivity index (χ2v) is 5.22. The van der Waals surface area contributed by atoms with E-state index in [1.54, 1.807) is 19.2 Å². The zero-order valence-corrected chi connectivity index (χ0v) is 10.9. The van der Waals surface area contributed by atoms with Crippen molar-refractivity contribution in [3.05, 3.63) is 23.4 Å². The van der Waals surface area contributed by atoms with Crippen LogP contribution in [0.15, 0.2) is 22.4 Å². The first-order valence-electron chi connectivity index (χ1n) is 5.25. The molecule has 0 aliphatic carbocycles. The molecule has 0 amide bonds. The highest BCUT2D eigenvalue weighted by molar-refractivity contribution is 8.00. The zero-order valence-electron chi connectivity index (χ0n) is 10.1. The number of aromatic nitrogens is 1. The Balaban J connectivity index is 3.11. The van der Waals surface area contributed by atoms with E-state index in [1.807, 2.05) is 13.8 Å². The number of hydrogen-bond donors (Lipinski definition) is 3. The molecule has 0 fully saturated rings. The fourth-order valence-electron chi connectivity index (χ4n) is 1.26. The lowest BCUT2D eigenvalue weighted by Crippen LogP contribution is -2.19. The van der Waals surface area contributed by atoms with E-state index in [4.69, 9.17) is 10.9 Å². The van der Waals surface area contributed by atoms with Crippen LogP contribution in [-0.4, -0.2) is 32.5 Å². The van der Waals surface area contributed by atoms with E-state index in [-0.39, 0.29) is 11.1 Å². The highest BCUT2D eigenvalue weighted by Crippen LogP contribution is 2.28. The van der Waals surface area contributed by atoms with Crippen molar-refractivity contribution in [2.45, 2.75) is 37.2 Å². The van der Waals surface area contributed by atoms with E-state index in [2.05, 4.69) is 10.1 Å². The number of aliphatic hydroxyl groups excluding tert-OH is 1. The van der Waals surface area contributed by atoms with Crippen LogP contribution >= 0.6 is 11.8 Å². The molecule has 0 saturated heterocycles. The molecule has 0 aromatic carbocycles. The van der Waals surface area contributed by atoms with Crippen LogP contribution in [0.25, 0.3) is 0 Å². The SMILES string of the molecule is Cc1ccnc(SC(C)C(C)O)c1/C(N)=N/O. The predicted octanol–water partition coefficient (Wildman–Crippen LogP) is 1.35. The van der Waals surface area contributed by atoms with Crippen LogP contribution in [0.1, 0.15) is 25.0 Å². The topological polar surface area (TPSA) is 91.7 Å². The minimum atomic E-state index is -0.456. The summed E-state index contributed by atoms with van der Waals surface area (Å²) in [7, 11) is 0. The zero-order chi connectivity index (χ0) is 13.0. The fraction of sp³-hybridized carbons (Fsp3) is 0.455. The Morgan fingerprint density at radius 2 is 2.18 bits per heavy atom. The van der Waals surface area contributed by atoms with Crippen molar-refractivity contribution >= 4 is 17.6 Å².